The molecule has 6 nitrogen and oxygen atoms in total. The summed E-state index contributed by atoms with van der Waals surface area (Å²) in [6.45, 7) is -1.95. The van der Waals surface area contributed by atoms with Gasteiger partial charge >= 0.3 is 6.61 Å². The molecule has 0 spiro atoms. The molecule has 0 aliphatic rings. The third-order valence-corrected chi connectivity index (χ3v) is 4.11. The Labute approximate surface area is 174 Å². The summed E-state index contributed by atoms with van der Waals surface area (Å²) in [6.07, 6.45) is 0.660. The molecular formula is C20H25ClF2N2O4. The average molecular weight is 431 g/mol. The second kappa shape index (κ2) is 12.1. The lowest BCUT2D eigenvalue weighted by Crippen LogP contribution is -2.37. The van der Waals surface area contributed by atoms with Crippen LogP contribution in [0.1, 0.15) is 15.9 Å². The number of amides is 1. The van der Waals surface area contributed by atoms with E-state index in [1.165, 1.54) is 26.4 Å². The first-order chi connectivity index (χ1) is 13.5. The zero-order valence-electron chi connectivity index (χ0n) is 16.3. The van der Waals surface area contributed by atoms with E-state index in [9.17, 15) is 13.6 Å². The molecule has 2 N–H and O–H groups in total. The number of hydrogen-bond donors (Lipinski definition) is 1. The van der Waals surface area contributed by atoms with Gasteiger partial charge in [-0.2, -0.15) is 8.78 Å². The van der Waals surface area contributed by atoms with Crippen LogP contribution in [-0.4, -0.2) is 51.3 Å². The second-order valence-corrected chi connectivity index (χ2v) is 5.90. The molecule has 0 radical (unpaired) electrons. The third kappa shape index (κ3) is 6.76. The Morgan fingerprint density at radius 2 is 1.66 bits per heavy atom. The summed E-state index contributed by atoms with van der Waals surface area (Å²) in [5.41, 5.74) is 6.98. The number of rotatable bonds is 10. The molecule has 0 fully saturated rings. The number of nitrogens with two attached hydrogens (primary N) is 1. The highest BCUT2D eigenvalue weighted by molar-refractivity contribution is 5.95. The van der Waals surface area contributed by atoms with Gasteiger partial charge in [0, 0.05) is 25.2 Å². The van der Waals surface area contributed by atoms with Crippen LogP contribution in [0.5, 0.6) is 17.2 Å². The number of halogens is 3. The van der Waals surface area contributed by atoms with E-state index in [1.807, 2.05) is 30.3 Å². The number of ether oxygens (including phenoxy) is 3. The van der Waals surface area contributed by atoms with E-state index in [2.05, 4.69) is 4.74 Å². The Kier molecular flexibility index (Phi) is 10.2. The molecular weight excluding hydrogens is 406 g/mol. The summed E-state index contributed by atoms with van der Waals surface area (Å²) in [7, 11) is 2.60. The quantitative estimate of drug-likeness (QED) is 0.625. The van der Waals surface area contributed by atoms with Crippen molar-refractivity contribution < 1.29 is 27.8 Å². The van der Waals surface area contributed by atoms with Crippen molar-refractivity contribution in [3.8, 4) is 17.2 Å². The van der Waals surface area contributed by atoms with Crippen molar-refractivity contribution >= 4 is 18.3 Å². The number of benzene rings is 2. The molecule has 1 amide bonds. The normalized spacial score (nSPS) is 10.3. The average Bonchev–Trinajstić information content (AvgIpc) is 2.71. The SMILES string of the molecule is COc1cc(C(=O)N(CCN)CCc2ccccc2)cc(OC)c1OC(F)F.Cl. The fourth-order valence-corrected chi connectivity index (χ4v) is 2.77. The first-order valence-corrected chi connectivity index (χ1v) is 8.74. The fraction of sp³-hybridized carbons (Fsp3) is 0.350. The molecule has 2 aromatic carbocycles. The molecule has 0 bridgehead atoms. The van der Waals surface area contributed by atoms with Gasteiger partial charge < -0.3 is 24.8 Å². The predicted octanol–water partition coefficient (Wildman–Crippen LogP) is 3.37. The van der Waals surface area contributed by atoms with Crippen molar-refractivity contribution in [1.82, 2.24) is 4.90 Å². The highest BCUT2D eigenvalue weighted by Gasteiger charge is 2.23. The Morgan fingerprint density at radius 3 is 2.14 bits per heavy atom. The number of hydrogen-bond acceptors (Lipinski definition) is 5. The minimum absolute atomic E-state index is 0. The Morgan fingerprint density at radius 1 is 1.07 bits per heavy atom. The lowest BCUT2D eigenvalue weighted by molar-refractivity contribution is -0.0526. The third-order valence-electron chi connectivity index (χ3n) is 4.11. The van der Waals surface area contributed by atoms with Gasteiger partial charge in [0.15, 0.2) is 11.5 Å². The summed E-state index contributed by atoms with van der Waals surface area (Å²) in [4.78, 5) is 14.6. The zero-order chi connectivity index (χ0) is 20.5. The molecule has 9 heteroatoms. The van der Waals surface area contributed by atoms with Gasteiger partial charge in [-0.25, -0.2) is 0 Å². The minimum Gasteiger partial charge on any atom is -0.493 e. The predicted molar refractivity (Wildman–Crippen MR) is 109 cm³/mol. The van der Waals surface area contributed by atoms with E-state index in [1.54, 1.807) is 4.90 Å². The molecule has 0 aliphatic carbocycles. The number of methoxy groups -OCH3 is 2. The molecule has 0 unspecified atom stereocenters. The standard InChI is InChI=1S/C20H24F2N2O4.ClH/c1-26-16-12-15(13-17(27-2)18(16)28-20(21)22)19(25)24(11-9-23)10-8-14-6-4-3-5-7-14;/h3-7,12-13,20H,8-11,23H2,1-2H3;1H. The number of alkyl halides is 2. The summed E-state index contributed by atoms with van der Waals surface area (Å²) in [5, 5.41) is 0. The van der Waals surface area contributed by atoms with E-state index in [0.29, 0.717) is 26.1 Å². The second-order valence-electron chi connectivity index (χ2n) is 5.90. The minimum atomic E-state index is -3.05. The lowest BCUT2D eigenvalue weighted by Gasteiger charge is -2.23. The first-order valence-electron chi connectivity index (χ1n) is 8.74. The lowest BCUT2D eigenvalue weighted by atomic mass is 10.1. The van der Waals surface area contributed by atoms with Crippen LogP contribution in [-0.2, 0) is 6.42 Å². The van der Waals surface area contributed by atoms with Crippen LogP contribution >= 0.6 is 12.4 Å². The van der Waals surface area contributed by atoms with Crippen LogP contribution < -0.4 is 19.9 Å². The molecule has 0 aromatic heterocycles. The molecule has 29 heavy (non-hydrogen) atoms. The highest BCUT2D eigenvalue weighted by atomic mass is 35.5. The first kappa shape index (κ1) is 24.5. The molecule has 2 aromatic rings. The molecule has 0 aliphatic heterocycles. The summed E-state index contributed by atoms with van der Waals surface area (Å²) >= 11 is 0. The van der Waals surface area contributed by atoms with Crippen LogP contribution in [0.4, 0.5) is 8.78 Å². The van der Waals surface area contributed by atoms with E-state index >= 15 is 0 Å². The Balaban J connectivity index is 0.00000420. The molecule has 2 rings (SSSR count). The van der Waals surface area contributed by atoms with Crippen molar-refractivity contribution in [3.05, 3.63) is 53.6 Å². The van der Waals surface area contributed by atoms with E-state index in [4.69, 9.17) is 15.2 Å². The molecule has 0 heterocycles. The van der Waals surface area contributed by atoms with Gasteiger partial charge in [-0.1, -0.05) is 30.3 Å². The van der Waals surface area contributed by atoms with Gasteiger partial charge in [0.25, 0.3) is 5.91 Å². The van der Waals surface area contributed by atoms with Crippen LogP contribution in [0.3, 0.4) is 0 Å². The largest absolute Gasteiger partial charge is 0.493 e. The maximum absolute atomic E-state index is 13.0. The smallest absolute Gasteiger partial charge is 0.387 e. The van der Waals surface area contributed by atoms with E-state index < -0.39 is 6.61 Å². The highest BCUT2D eigenvalue weighted by Crippen LogP contribution is 2.39. The molecule has 0 atom stereocenters. The van der Waals surface area contributed by atoms with Gasteiger partial charge in [-0.15, -0.1) is 12.4 Å². The van der Waals surface area contributed by atoms with Crippen LogP contribution in [0.25, 0.3) is 0 Å². The summed E-state index contributed by atoms with van der Waals surface area (Å²) in [5.74, 6) is -0.592. The van der Waals surface area contributed by atoms with Gasteiger partial charge in [0.2, 0.25) is 5.75 Å². The molecule has 160 valence electrons. The van der Waals surface area contributed by atoms with Crippen LogP contribution in [0.15, 0.2) is 42.5 Å². The van der Waals surface area contributed by atoms with E-state index in [-0.39, 0.29) is 41.1 Å². The number of carbonyl (C=O) groups is 1. The van der Waals surface area contributed by atoms with Gasteiger partial charge in [0.1, 0.15) is 0 Å². The Bertz CT molecular complexity index is 753. The monoisotopic (exact) mass is 430 g/mol. The van der Waals surface area contributed by atoms with Crippen molar-refractivity contribution in [1.29, 1.82) is 0 Å². The van der Waals surface area contributed by atoms with Crippen molar-refractivity contribution in [2.75, 3.05) is 33.9 Å². The fourth-order valence-electron chi connectivity index (χ4n) is 2.77. The zero-order valence-corrected chi connectivity index (χ0v) is 17.1. The van der Waals surface area contributed by atoms with E-state index in [0.717, 1.165) is 5.56 Å². The Hall–Kier alpha value is -2.58. The van der Waals surface area contributed by atoms with Crippen LogP contribution in [0.2, 0.25) is 0 Å². The van der Waals surface area contributed by atoms with Gasteiger partial charge in [0.05, 0.1) is 14.2 Å². The number of nitrogens with zero attached hydrogens (tertiary/aromatic N) is 1. The van der Waals surface area contributed by atoms with Gasteiger partial charge in [-0.3, -0.25) is 4.79 Å². The number of carbonyl (C=O) groups excluding carboxylic acids is 1. The maximum Gasteiger partial charge on any atom is 0.387 e. The summed E-state index contributed by atoms with van der Waals surface area (Å²) in [6, 6.07) is 12.5. The molecule has 0 saturated heterocycles. The van der Waals surface area contributed by atoms with Crippen molar-refractivity contribution in [2.45, 2.75) is 13.0 Å². The topological polar surface area (TPSA) is 74.0 Å². The van der Waals surface area contributed by atoms with Crippen molar-refractivity contribution in [2.24, 2.45) is 5.73 Å². The van der Waals surface area contributed by atoms with Crippen molar-refractivity contribution in [3.63, 3.8) is 0 Å². The molecule has 0 saturated carbocycles. The maximum atomic E-state index is 13.0. The van der Waals surface area contributed by atoms with Gasteiger partial charge in [-0.05, 0) is 24.1 Å². The summed E-state index contributed by atoms with van der Waals surface area (Å²) < 4.78 is 40.1. The van der Waals surface area contributed by atoms with Crippen LogP contribution in [0, 0.1) is 0 Å².